The van der Waals surface area contributed by atoms with E-state index in [-0.39, 0.29) is 22.9 Å². The number of hydrogen-bond acceptors (Lipinski definition) is 4. The Hall–Kier alpha value is -3.74. The second-order valence-electron chi connectivity index (χ2n) is 12.4. The molecular weight excluding hydrogens is 468 g/mol. The molecule has 0 bridgehead atoms. The number of nitrogens with two attached hydrogens (primary N) is 2. The Bertz CT molecular complexity index is 1560. The molecule has 5 rings (SSSR count). The van der Waals surface area contributed by atoms with Crippen LogP contribution in [0.25, 0.3) is 44.4 Å². The van der Waals surface area contributed by atoms with Crippen molar-refractivity contribution < 1.29 is 0 Å². The molecule has 0 saturated carbocycles. The van der Waals surface area contributed by atoms with Gasteiger partial charge in [-0.05, 0) is 50.4 Å². The number of hydrogen-bond donors (Lipinski definition) is 4. The van der Waals surface area contributed by atoms with Crippen LogP contribution in [0, 0.1) is 10.8 Å². The smallest absolute Gasteiger partial charge is 0.124 e. The van der Waals surface area contributed by atoms with Gasteiger partial charge in [0.05, 0.1) is 35.9 Å². The molecule has 6 nitrogen and oxygen atoms in total. The largest absolute Gasteiger partial charge is 0.341 e. The molecule has 0 fully saturated rings. The van der Waals surface area contributed by atoms with Crippen LogP contribution in [0.4, 0.5) is 0 Å². The van der Waals surface area contributed by atoms with E-state index in [0.29, 0.717) is 0 Å². The third-order valence-electron chi connectivity index (χ3n) is 7.33. The highest BCUT2D eigenvalue weighted by molar-refractivity contribution is 5.90. The van der Waals surface area contributed by atoms with Gasteiger partial charge in [-0.25, -0.2) is 9.97 Å². The maximum absolute atomic E-state index is 6.39. The first-order valence-corrected chi connectivity index (χ1v) is 13.2. The molecule has 0 saturated heterocycles. The van der Waals surface area contributed by atoms with E-state index in [2.05, 4.69) is 122 Å². The van der Waals surface area contributed by atoms with Gasteiger partial charge in [0, 0.05) is 5.56 Å². The van der Waals surface area contributed by atoms with Crippen molar-refractivity contribution in [1.82, 2.24) is 19.9 Å². The van der Waals surface area contributed by atoms with Crippen molar-refractivity contribution in [1.29, 1.82) is 0 Å². The summed E-state index contributed by atoms with van der Waals surface area (Å²) in [5.41, 5.74) is 19.1. The highest BCUT2D eigenvalue weighted by Gasteiger charge is 2.26. The first kappa shape index (κ1) is 25.9. The number of H-pyrrole nitrogens is 2. The Morgan fingerprint density at radius 2 is 0.947 bits per heavy atom. The predicted molar refractivity (Wildman–Crippen MR) is 157 cm³/mol. The van der Waals surface area contributed by atoms with E-state index < -0.39 is 0 Å². The average Bonchev–Trinajstić information content (AvgIpc) is 3.57. The van der Waals surface area contributed by atoms with Gasteiger partial charge in [-0.3, -0.25) is 0 Å². The zero-order chi connectivity index (χ0) is 27.2. The van der Waals surface area contributed by atoms with E-state index in [1.165, 1.54) is 21.9 Å². The number of imidazole rings is 2. The monoisotopic (exact) mass is 506 g/mol. The van der Waals surface area contributed by atoms with Crippen LogP contribution in [-0.4, -0.2) is 19.9 Å². The molecule has 2 atom stereocenters. The lowest BCUT2D eigenvalue weighted by Gasteiger charge is -2.25. The van der Waals surface area contributed by atoms with Crippen molar-refractivity contribution in [2.24, 2.45) is 22.3 Å². The van der Waals surface area contributed by atoms with Crippen LogP contribution in [0.3, 0.4) is 0 Å². The van der Waals surface area contributed by atoms with Crippen LogP contribution in [0.5, 0.6) is 0 Å². The van der Waals surface area contributed by atoms with Crippen molar-refractivity contribution in [2.75, 3.05) is 0 Å². The summed E-state index contributed by atoms with van der Waals surface area (Å²) >= 11 is 0. The van der Waals surface area contributed by atoms with Crippen LogP contribution in [-0.2, 0) is 0 Å². The third kappa shape index (κ3) is 5.15. The third-order valence-corrected chi connectivity index (χ3v) is 7.33. The Morgan fingerprint density at radius 1 is 0.553 bits per heavy atom. The molecule has 0 aliphatic carbocycles. The average molecular weight is 507 g/mol. The summed E-state index contributed by atoms with van der Waals surface area (Å²) in [7, 11) is 0. The molecule has 6 N–H and O–H groups in total. The lowest BCUT2D eigenvalue weighted by atomic mass is 9.87. The predicted octanol–water partition coefficient (Wildman–Crippen LogP) is 7.38. The summed E-state index contributed by atoms with van der Waals surface area (Å²) in [6.45, 7) is 12.7. The molecule has 2 aromatic heterocycles. The van der Waals surface area contributed by atoms with Gasteiger partial charge in [-0.1, -0.05) is 90.1 Å². The SMILES string of the molecule is CC(C)(C)C(N)c1ncc(-c2ccc(-c3ccc4cc(-c5cnc([C@@H](N)C(C)(C)C)[nH]5)ccc4c3)cc2)[nH]1. The van der Waals surface area contributed by atoms with E-state index in [1.807, 2.05) is 12.4 Å². The van der Waals surface area contributed by atoms with Crippen molar-refractivity contribution in [3.63, 3.8) is 0 Å². The minimum atomic E-state index is -0.151. The molecule has 0 aliphatic rings. The van der Waals surface area contributed by atoms with Gasteiger partial charge >= 0.3 is 0 Å². The highest BCUT2D eigenvalue weighted by Crippen LogP contribution is 2.33. The number of aromatic nitrogens is 4. The molecule has 196 valence electrons. The van der Waals surface area contributed by atoms with Crippen LogP contribution >= 0.6 is 0 Å². The minimum absolute atomic E-state index is 0.0586. The first-order chi connectivity index (χ1) is 17.9. The summed E-state index contributed by atoms with van der Waals surface area (Å²) in [4.78, 5) is 15.9. The number of nitrogens with one attached hydrogen (secondary N) is 2. The number of benzene rings is 3. The van der Waals surface area contributed by atoms with E-state index in [0.717, 1.165) is 34.2 Å². The second kappa shape index (κ2) is 9.53. The van der Waals surface area contributed by atoms with E-state index in [4.69, 9.17) is 11.5 Å². The number of rotatable bonds is 5. The molecule has 5 aromatic rings. The summed E-state index contributed by atoms with van der Waals surface area (Å²) in [5, 5.41) is 2.37. The van der Waals surface area contributed by atoms with Gasteiger partial charge in [0.1, 0.15) is 11.6 Å². The van der Waals surface area contributed by atoms with Gasteiger partial charge in [-0.15, -0.1) is 0 Å². The van der Waals surface area contributed by atoms with Gasteiger partial charge in [0.2, 0.25) is 0 Å². The lowest BCUT2D eigenvalue weighted by molar-refractivity contribution is 0.316. The molecule has 2 heterocycles. The molecule has 0 aliphatic heterocycles. The van der Waals surface area contributed by atoms with Crippen LogP contribution in [0.15, 0.2) is 73.1 Å². The minimum Gasteiger partial charge on any atom is -0.341 e. The zero-order valence-corrected chi connectivity index (χ0v) is 23.1. The normalized spacial score (nSPS) is 14.1. The first-order valence-electron chi connectivity index (χ1n) is 13.2. The van der Waals surface area contributed by atoms with Crippen molar-refractivity contribution >= 4 is 10.8 Å². The summed E-state index contributed by atoms with van der Waals surface area (Å²) in [6.07, 6.45) is 3.74. The Kier molecular flexibility index (Phi) is 6.49. The van der Waals surface area contributed by atoms with Gasteiger partial charge in [0.15, 0.2) is 0 Å². The molecule has 6 heteroatoms. The zero-order valence-electron chi connectivity index (χ0n) is 23.1. The van der Waals surface area contributed by atoms with Gasteiger partial charge in [-0.2, -0.15) is 0 Å². The summed E-state index contributed by atoms with van der Waals surface area (Å²) < 4.78 is 0. The van der Waals surface area contributed by atoms with E-state index >= 15 is 0 Å². The fraction of sp³-hybridized carbons (Fsp3) is 0.312. The maximum atomic E-state index is 6.39. The number of aromatic amines is 2. The van der Waals surface area contributed by atoms with Crippen LogP contribution in [0.2, 0.25) is 0 Å². The number of fused-ring (bicyclic) bond motifs is 1. The van der Waals surface area contributed by atoms with Crippen LogP contribution in [0.1, 0.15) is 65.3 Å². The summed E-state index contributed by atoms with van der Waals surface area (Å²) in [6, 6.07) is 21.3. The van der Waals surface area contributed by atoms with E-state index in [1.54, 1.807) is 0 Å². The Labute approximate surface area is 224 Å². The van der Waals surface area contributed by atoms with Crippen molar-refractivity contribution in [3.05, 3.63) is 84.7 Å². The van der Waals surface area contributed by atoms with Crippen molar-refractivity contribution in [2.45, 2.75) is 53.6 Å². The molecule has 1 unspecified atom stereocenters. The summed E-state index contributed by atoms with van der Waals surface area (Å²) in [5.74, 6) is 1.63. The van der Waals surface area contributed by atoms with Gasteiger partial charge in [0.25, 0.3) is 0 Å². The Balaban J connectivity index is 1.36. The molecule has 0 radical (unpaired) electrons. The fourth-order valence-electron chi connectivity index (χ4n) is 4.54. The molecule has 3 aromatic carbocycles. The van der Waals surface area contributed by atoms with Gasteiger partial charge < -0.3 is 21.4 Å². The van der Waals surface area contributed by atoms with Crippen molar-refractivity contribution in [3.8, 4) is 33.6 Å². The molecule has 38 heavy (non-hydrogen) atoms. The number of nitrogens with zero attached hydrogens (tertiary/aromatic N) is 2. The van der Waals surface area contributed by atoms with Crippen LogP contribution < -0.4 is 11.5 Å². The second-order valence-corrected chi connectivity index (χ2v) is 12.4. The Morgan fingerprint density at radius 3 is 1.45 bits per heavy atom. The molecule has 0 amide bonds. The lowest BCUT2D eigenvalue weighted by Crippen LogP contribution is -2.27. The maximum Gasteiger partial charge on any atom is 0.124 e. The topological polar surface area (TPSA) is 109 Å². The van der Waals surface area contributed by atoms with E-state index in [9.17, 15) is 0 Å². The molecule has 0 spiro atoms. The standard InChI is InChI=1S/C32H38N6/c1-31(2,3)27(33)29-35-17-25(37-29)20-9-7-19(8-10-20)21-11-12-23-16-24(14-13-22(23)15-21)26-18-36-30(38-26)28(34)32(4,5)6/h7-18,27-28H,33-34H2,1-6H3,(H,35,37)(H,36,38)/t27?,28-/m1/s1. The fourth-order valence-corrected chi connectivity index (χ4v) is 4.54. The quantitative estimate of drug-likeness (QED) is 0.199. The highest BCUT2D eigenvalue weighted by atomic mass is 15.0. The molecular formula is C32H38N6.